The average Bonchev–Trinajstić information content (AvgIpc) is 3.04. The molecule has 0 unspecified atom stereocenters. The number of hydrogen-bond donors (Lipinski definition) is 1. The van der Waals surface area contributed by atoms with Gasteiger partial charge in [-0.2, -0.15) is 5.10 Å². The number of carbonyl (C=O) groups is 2. The number of benzene rings is 2. The maximum Gasteiger partial charge on any atom is 0.337 e. The van der Waals surface area contributed by atoms with Crippen molar-refractivity contribution >= 4 is 29.5 Å². The highest BCUT2D eigenvalue weighted by Crippen LogP contribution is 2.46. The minimum Gasteiger partial charge on any atom is -0.497 e. The molecule has 2 atom stereocenters. The van der Waals surface area contributed by atoms with Gasteiger partial charge in [0.15, 0.2) is 0 Å². The largest absolute Gasteiger partial charge is 0.497 e. The zero-order chi connectivity index (χ0) is 22.1. The van der Waals surface area contributed by atoms with E-state index >= 15 is 0 Å². The van der Waals surface area contributed by atoms with Crippen LogP contribution in [-0.2, 0) is 9.53 Å². The number of nitrogens with one attached hydrogen (secondary N) is 1. The van der Waals surface area contributed by atoms with Crippen LogP contribution in [-0.4, -0.2) is 41.1 Å². The summed E-state index contributed by atoms with van der Waals surface area (Å²) in [5.41, 5.74) is 4.07. The van der Waals surface area contributed by atoms with Crippen LogP contribution in [0.1, 0.15) is 39.4 Å². The lowest BCUT2D eigenvalue weighted by Crippen LogP contribution is -2.22. The molecule has 0 saturated carbocycles. The van der Waals surface area contributed by atoms with Crippen LogP contribution in [0, 0.1) is 6.92 Å². The first kappa shape index (κ1) is 21.0. The fraction of sp³-hybridized carbons (Fsp3) is 0.261. The summed E-state index contributed by atoms with van der Waals surface area (Å²) in [6.45, 7) is 3.83. The monoisotopic (exact) mass is 437 g/mol. The first-order valence-electron chi connectivity index (χ1n) is 9.81. The number of anilines is 1. The summed E-state index contributed by atoms with van der Waals surface area (Å²) >= 11 is 1.56. The number of thioether (sulfide) groups is 1. The zero-order valence-corrected chi connectivity index (χ0v) is 18.5. The van der Waals surface area contributed by atoms with Gasteiger partial charge in [0, 0.05) is 5.56 Å². The van der Waals surface area contributed by atoms with Crippen LogP contribution in [0.5, 0.6) is 5.75 Å². The minimum absolute atomic E-state index is 0.0745. The molecule has 2 aromatic carbocycles. The normalized spacial score (nSPS) is 18.0. The van der Waals surface area contributed by atoms with E-state index in [1.807, 2.05) is 50.2 Å². The molecule has 0 saturated heterocycles. The third-order valence-corrected chi connectivity index (χ3v) is 6.67. The molecule has 7 nitrogen and oxygen atoms in total. The molecule has 8 heteroatoms. The van der Waals surface area contributed by atoms with Gasteiger partial charge >= 0.3 is 5.97 Å². The number of methoxy groups -OCH3 is 2. The van der Waals surface area contributed by atoms with E-state index in [1.54, 1.807) is 35.7 Å². The maximum atomic E-state index is 12.8. The predicted molar refractivity (Wildman–Crippen MR) is 120 cm³/mol. The van der Waals surface area contributed by atoms with Crippen molar-refractivity contribution in [1.29, 1.82) is 0 Å². The second kappa shape index (κ2) is 8.47. The van der Waals surface area contributed by atoms with Gasteiger partial charge < -0.3 is 14.8 Å². The van der Waals surface area contributed by atoms with E-state index in [1.165, 1.54) is 7.11 Å². The Bertz CT molecular complexity index is 1120. The van der Waals surface area contributed by atoms with Gasteiger partial charge in [0.1, 0.15) is 11.6 Å². The highest BCUT2D eigenvalue weighted by atomic mass is 32.2. The highest BCUT2D eigenvalue weighted by molar-refractivity contribution is 8.01. The average molecular weight is 438 g/mol. The Morgan fingerprint density at radius 3 is 2.39 bits per heavy atom. The van der Waals surface area contributed by atoms with E-state index in [9.17, 15) is 9.59 Å². The summed E-state index contributed by atoms with van der Waals surface area (Å²) < 4.78 is 11.8. The van der Waals surface area contributed by atoms with Gasteiger partial charge in [-0.05, 0) is 55.8 Å². The lowest BCUT2D eigenvalue weighted by molar-refractivity contribution is -0.115. The van der Waals surface area contributed by atoms with Crippen molar-refractivity contribution in [2.75, 3.05) is 19.5 Å². The van der Waals surface area contributed by atoms with Gasteiger partial charge in [-0.25, -0.2) is 9.48 Å². The predicted octanol–water partition coefficient (Wildman–Crippen LogP) is 4.14. The zero-order valence-electron chi connectivity index (χ0n) is 17.7. The molecule has 160 valence electrons. The van der Waals surface area contributed by atoms with Crippen molar-refractivity contribution in [2.45, 2.75) is 24.3 Å². The van der Waals surface area contributed by atoms with E-state index in [2.05, 4.69) is 5.32 Å². The van der Waals surface area contributed by atoms with Gasteiger partial charge in [-0.1, -0.05) is 12.1 Å². The molecule has 2 heterocycles. The number of amides is 1. The Morgan fingerprint density at radius 2 is 1.77 bits per heavy atom. The molecule has 4 rings (SSSR count). The summed E-state index contributed by atoms with van der Waals surface area (Å²) in [5, 5.41) is 7.40. The molecule has 1 N–H and O–H groups in total. The number of fused-ring (bicyclic) bond motifs is 1. The van der Waals surface area contributed by atoms with Crippen LogP contribution in [0.15, 0.2) is 48.5 Å². The van der Waals surface area contributed by atoms with Crippen LogP contribution in [0.2, 0.25) is 0 Å². The molecule has 31 heavy (non-hydrogen) atoms. The van der Waals surface area contributed by atoms with Gasteiger partial charge in [0.2, 0.25) is 5.91 Å². The van der Waals surface area contributed by atoms with Crippen LogP contribution >= 0.6 is 11.8 Å². The first-order valence-corrected chi connectivity index (χ1v) is 10.8. The molecule has 0 aliphatic carbocycles. The maximum absolute atomic E-state index is 12.8. The molecule has 1 aliphatic heterocycles. The quantitative estimate of drug-likeness (QED) is 0.618. The fourth-order valence-electron chi connectivity index (χ4n) is 3.59. The van der Waals surface area contributed by atoms with E-state index in [0.717, 1.165) is 28.3 Å². The molecule has 0 spiro atoms. The van der Waals surface area contributed by atoms with Gasteiger partial charge in [0.25, 0.3) is 0 Å². The SMILES string of the molecule is COC(=O)c1ccc([C@H]2S[C@@H](C)C(=O)Nc3c2c(C)nn3-c2ccc(OC)cc2)cc1. The smallest absolute Gasteiger partial charge is 0.337 e. The van der Waals surface area contributed by atoms with E-state index in [0.29, 0.717) is 11.4 Å². The Labute approximate surface area is 184 Å². The van der Waals surface area contributed by atoms with E-state index in [-0.39, 0.29) is 22.4 Å². The topological polar surface area (TPSA) is 82.5 Å². The molecule has 1 aromatic heterocycles. The lowest BCUT2D eigenvalue weighted by atomic mass is 10.0. The number of nitrogens with zero attached hydrogens (tertiary/aromatic N) is 2. The van der Waals surface area contributed by atoms with Crippen molar-refractivity contribution < 1.29 is 19.1 Å². The Hall–Kier alpha value is -3.26. The van der Waals surface area contributed by atoms with Crippen molar-refractivity contribution in [3.63, 3.8) is 0 Å². The van der Waals surface area contributed by atoms with Crippen molar-refractivity contribution in [2.24, 2.45) is 0 Å². The Morgan fingerprint density at radius 1 is 1.10 bits per heavy atom. The number of aromatic nitrogens is 2. The van der Waals surface area contributed by atoms with Crippen LogP contribution in [0.4, 0.5) is 5.82 Å². The molecule has 1 aliphatic rings. The highest BCUT2D eigenvalue weighted by Gasteiger charge is 2.34. The number of rotatable bonds is 4. The van der Waals surface area contributed by atoms with E-state index < -0.39 is 0 Å². The molecular weight excluding hydrogens is 414 g/mol. The summed E-state index contributed by atoms with van der Waals surface area (Å²) in [7, 11) is 2.98. The molecule has 3 aromatic rings. The van der Waals surface area contributed by atoms with Gasteiger partial charge in [0.05, 0.1) is 41.7 Å². The number of ether oxygens (including phenoxy) is 2. The van der Waals surface area contributed by atoms with Crippen LogP contribution < -0.4 is 10.1 Å². The minimum atomic E-state index is -0.380. The number of carbonyl (C=O) groups excluding carboxylic acids is 2. The second-order valence-corrected chi connectivity index (χ2v) is 8.67. The van der Waals surface area contributed by atoms with E-state index in [4.69, 9.17) is 14.6 Å². The number of esters is 1. The summed E-state index contributed by atoms with van der Waals surface area (Å²) in [6.07, 6.45) is 0. The molecular formula is C23H23N3O4S. The Kier molecular flexibility index (Phi) is 5.73. The first-order chi connectivity index (χ1) is 14.9. The summed E-state index contributed by atoms with van der Waals surface area (Å²) in [4.78, 5) is 24.6. The fourth-order valence-corrected chi connectivity index (χ4v) is 4.92. The standard InChI is InChI=1S/C23H23N3O4S/c1-13-19-20(15-5-7-16(8-6-15)23(28)30-4)31-14(2)22(27)24-21(19)26(25-13)17-9-11-18(29-3)12-10-17/h5-12,14,20H,1-4H3,(H,24,27)/t14-,20+/m0/s1. The molecule has 0 radical (unpaired) electrons. The van der Waals surface area contributed by atoms with Crippen molar-refractivity contribution in [3.05, 3.63) is 70.9 Å². The molecule has 0 bridgehead atoms. The summed E-state index contributed by atoms with van der Waals surface area (Å²) in [5.74, 6) is 0.950. The third-order valence-electron chi connectivity index (χ3n) is 5.27. The van der Waals surface area contributed by atoms with Crippen LogP contribution in [0.25, 0.3) is 5.69 Å². The summed E-state index contributed by atoms with van der Waals surface area (Å²) in [6, 6.07) is 14.8. The number of hydrogen-bond acceptors (Lipinski definition) is 6. The lowest BCUT2D eigenvalue weighted by Gasteiger charge is -2.17. The van der Waals surface area contributed by atoms with Gasteiger partial charge in [-0.3, -0.25) is 4.79 Å². The Balaban J connectivity index is 1.81. The number of aryl methyl sites for hydroxylation is 1. The van der Waals surface area contributed by atoms with Gasteiger partial charge in [-0.15, -0.1) is 11.8 Å². The van der Waals surface area contributed by atoms with Crippen molar-refractivity contribution in [1.82, 2.24) is 9.78 Å². The molecule has 1 amide bonds. The van der Waals surface area contributed by atoms with Crippen LogP contribution in [0.3, 0.4) is 0 Å². The molecule has 0 fully saturated rings. The second-order valence-electron chi connectivity index (χ2n) is 7.22. The van der Waals surface area contributed by atoms with Crippen molar-refractivity contribution in [3.8, 4) is 11.4 Å². The third kappa shape index (κ3) is 3.90.